The Hall–Kier alpha value is -0.530. The zero-order valence-electron chi connectivity index (χ0n) is 9.80. The summed E-state index contributed by atoms with van der Waals surface area (Å²) < 4.78 is 5.37. The minimum Gasteiger partial charge on any atom is -0.460 e. The molecule has 0 saturated heterocycles. The first-order valence-electron chi connectivity index (χ1n) is 5.62. The van der Waals surface area contributed by atoms with Crippen LogP contribution in [-0.4, -0.2) is 11.6 Å². The van der Waals surface area contributed by atoms with Gasteiger partial charge >= 0.3 is 5.97 Å². The molecule has 1 fully saturated rings. The van der Waals surface area contributed by atoms with Gasteiger partial charge in [-0.3, -0.25) is 4.79 Å². The van der Waals surface area contributed by atoms with Crippen LogP contribution in [0, 0.1) is 11.8 Å². The van der Waals surface area contributed by atoms with Crippen molar-refractivity contribution in [2.24, 2.45) is 11.8 Å². The summed E-state index contributed by atoms with van der Waals surface area (Å²) in [6.45, 7) is 8.11. The minimum atomic E-state index is -0.183. The summed E-state index contributed by atoms with van der Waals surface area (Å²) in [5, 5.41) is 0. The molecule has 1 aliphatic rings. The summed E-state index contributed by atoms with van der Waals surface area (Å²) in [5.74, 6) is 1.44. The van der Waals surface area contributed by atoms with Crippen LogP contribution in [0.4, 0.5) is 0 Å². The third-order valence-corrected chi connectivity index (χ3v) is 3.42. The zero-order chi connectivity index (χ0) is 10.8. The smallest absolute Gasteiger partial charge is 0.303 e. The van der Waals surface area contributed by atoms with E-state index in [1.165, 1.54) is 19.8 Å². The molecule has 0 aromatic heterocycles. The van der Waals surface area contributed by atoms with Crippen molar-refractivity contribution in [2.45, 2.75) is 59.0 Å². The van der Waals surface area contributed by atoms with Crippen LogP contribution in [0.2, 0.25) is 0 Å². The van der Waals surface area contributed by atoms with Gasteiger partial charge in [-0.25, -0.2) is 0 Å². The molecule has 2 nitrogen and oxygen atoms in total. The predicted molar refractivity (Wildman–Crippen MR) is 57.0 cm³/mol. The average Bonchev–Trinajstić information content (AvgIpc) is 2.02. The van der Waals surface area contributed by atoms with E-state index in [1.807, 2.05) is 0 Å². The van der Waals surface area contributed by atoms with Crippen LogP contribution in [0.15, 0.2) is 0 Å². The van der Waals surface area contributed by atoms with E-state index in [9.17, 15) is 4.79 Å². The van der Waals surface area contributed by atoms with E-state index in [0.29, 0.717) is 0 Å². The molecule has 0 N–H and O–H groups in total. The van der Waals surface area contributed by atoms with Crippen molar-refractivity contribution in [1.29, 1.82) is 0 Å². The van der Waals surface area contributed by atoms with Crippen LogP contribution < -0.4 is 0 Å². The van der Waals surface area contributed by atoms with Crippen molar-refractivity contribution < 1.29 is 9.53 Å². The summed E-state index contributed by atoms with van der Waals surface area (Å²) in [6.07, 6.45) is 4.44. The highest BCUT2D eigenvalue weighted by Gasteiger charge is 2.34. The number of carbonyl (C=O) groups excluding carboxylic acids is 1. The van der Waals surface area contributed by atoms with Crippen molar-refractivity contribution in [3.8, 4) is 0 Å². The SMILES string of the molecule is CC(=O)OC1(C)CCC(C(C)C)CC1. The molecule has 0 aromatic carbocycles. The lowest BCUT2D eigenvalue weighted by Crippen LogP contribution is -2.36. The largest absolute Gasteiger partial charge is 0.460 e. The highest BCUT2D eigenvalue weighted by molar-refractivity contribution is 5.66. The van der Waals surface area contributed by atoms with Gasteiger partial charge in [0.1, 0.15) is 5.60 Å². The quantitative estimate of drug-likeness (QED) is 0.637. The highest BCUT2D eigenvalue weighted by atomic mass is 16.6. The van der Waals surface area contributed by atoms with Crippen LogP contribution >= 0.6 is 0 Å². The van der Waals surface area contributed by atoms with Gasteiger partial charge in [-0.1, -0.05) is 13.8 Å². The van der Waals surface area contributed by atoms with E-state index in [-0.39, 0.29) is 11.6 Å². The van der Waals surface area contributed by atoms with Crippen LogP contribution in [0.1, 0.15) is 53.4 Å². The van der Waals surface area contributed by atoms with Gasteiger partial charge in [0.15, 0.2) is 0 Å². The summed E-state index contributed by atoms with van der Waals surface area (Å²) in [4.78, 5) is 10.9. The first-order chi connectivity index (χ1) is 6.43. The van der Waals surface area contributed by atoms with Crippen LogP contribution in [0.3, 0.4) is 0 Å². The number of esters is 1. The second-order valence-electron chi connectivity index (χ2n) is 5.12. The second kappa shape index (κ2) is 4.33. The van der Waals surface area contributed by atoms with E-state index in [0.717, 1.165) is 24.7 Å². The van der Waals surface area contributed by atoms with Gasteiger partial charge in [0.2, 0.25) is 0 Å². The Morgan fingerprint density at radius 1 is 1.36 bits per heavy atom. The molecule has 0 radical (unpaired) electrons. The lowest BCUT2D eigenvalue weighted by atomic mass is 9.75. The van der Waals surface area contributed by atoms with Crippen LogP contribution in [-0.2, 0) is 9.53 Å². The maximum atomic E-state index is 10.9. The van der Waals surface area contributed by atoms with Crippen LogP contribution in [0.25, 0.3) is 0 Å². The summed E-state index contributed by atoms with van der Waals surface area (Å²) in [6, 6.07) is 0. The fraction of sp³-hybridized carbons (Fsp3) is 0.917. The predicted octanol–water partition coefficient (Wildman–Crippen LogP) is 3.15. The molecule has 82 valence electrons. The van der Waals surface area contributed by atoms with E-state index in [4.69, 9.17) is 4.74 Å². The van der Waals surface area contributed by atoms with E-state index >= 15 is 0 Å². The number of rotatable bonds is 2. The van der Waals surface area contributed by atoms with Crippen molar-refractivity contribution in [3.05, 3.63) is 0 Å². The van der Waals surface area contributed by atoms with Crippen molar-refractivity contribution in [3.63, 3.8) is 0 Å². The molecule has 0 unspecified atom stereocenters. The molecule has 1 rings (SSSR count). The molecule has 14 heavy (non-hydrogen) atoms. The van der Waals surface area contributed by atoms with Gasteiger partial charge in [0.05, 0.1) is 0 Å². The number of hydrogen-bond donors (Lipinski definition) is 0. The van der Waals surface area contributed by atoms with E-state index in [1.54, 1.807) is 0 Å². The highest BCUT2D eigenvalue weighted by Crippen LogP contribution is 2.37. The van der Waals surface area contributed by atoms with Crippen molar-refractivity contribution in [1.82, 2.24) is 0 Å². The zero-order valence-corrected chi connectivity index (χ0v) is 9.80. The molecule has 0 spiro atoms. The third kappa shape index (κ3) is 3.00. The second-order valence-corrected chi connectivity index (χ2v) is 5.12. The Labute approximate surface area is 87.0 Å². The van der Waals surface area contributed by atoms with E-state index in [2.05, 4.69) is 20.8 Å². The summed E-state index contributed by atoms with van der Waals surface area (Å²) >= 11 is 0. The first-order valence-corrected chi connectivity index (χ1v) is 5.62. The van der Waals surface area contributed by atoms with Gasteiger partial charge < -0.3 is 4.74 Å². The molecular formula is C12H22O2. The Morgan fingerprint density at radius 3 is 2.21 bits per heavy atom. The maximum Gasteiger partial charge on any atom is 0.303 e. The molecule has 0 aromatic rings. The lowest BCUT2D eigenvalue weighted by Gasteiger charge is -2.37. The van der Waals surface area contributed by atoms with Crippen molar-refractivity contribution >= 4 is 5.97 Å². The fourth-order valence-electron chi connectivity index (χ4n) is 2.37. The fourth-order valence-corrected chi connectivity index (χ4v) is 2.37. The molecule has 1 aliphatic carbocycles. The number of carbonyl (C=O) groups is 1. The van der Waals surface area contributed by atoms with Gasteiger partial charge in [0, 0.05) is 6.92 Å². The normalized spacial score (nSPS) is 33.1. The molecule has 1 saturated carbocycles. The number of hydrogen-bond acceptors (Lipinski definition) is 2. The Morgan fingerprint density at radius 2 is 1.86 bits per heavy atom. The Bertz CT molecular complexity index is 200. The Kier molecular flexibility index (Phi) is 3.57. The van der Waals surface area contributed by atoms with Crippen LogP contribution in [0.5, 0.6) is 0 Å². The molecule has 0 heterocycles. The van der Waals surface area contributed by atoms with Gasteiger partial charge in [-0.2, -0.15) is 0 Å². The first kappa shape index (κ1) is 11.5. The van der Waals surface area contributed by atoms with E-state index < -0.39 is 0 Å². The standard InChI is InChI=1S/C12H22O2/c1-9(2)11-5-7-12(4,8-6-11)14-10(3)13/h9,11H,5-8H2,1-4H3. The maximum absolute atomic E-state index is 10.9. The molecule has 0 amide bonds. The third-order valence-electron chi connectivity index (χ3n) is 3.42. The van der Waals surface area contributed by atoms with Gasteiger partial charge in [-0.15, -0.1) is 0 Å². The van der Waals surface area contributed by atoms with Gasteiger partial charge in [-0.05, 0) is 44.4 Å². The topological polar surface area (TPSA) is 26.3 Å². The molecule has 0 bridgehead atoms. The van der Waals surface area contributed by atoms with Crippen molar-refractivity contribution in [2.75, 3.05) is 0 Å². The molecule has 0 atom stereocenters. The summed E-state index contributed by atoms with van der Waals surface area (Å²) in [5.41, 5.74) is -0.183. The minimum absolute atomic E-state index is 0.143. The molecule has 2 heteroatoms. The monoisotopic (exact) mass is 198 g/mol. The number of ether oxygens (including phenoxy) is 1. The Balaban J connectivity index is 2.44. The lowest BCUT2D eigenvalue weighted by molar-refractivity contribution is -0.159. The van der Waals surface area contributed by atoms with Gasteiger partial charge in [0.25, 0.3) is 0 Å². The summed E-state index contributed by atoms with van der Waals surface area (Å²) in [7, 11) is 0. The molecular weight excluding hydrogens is 176 g/mol. The molecule has 0 aliphatic heterocycles. The average molecular weight is 198 g/mol.